The summed E-state index contributed by atoms with van der Waals surface area (Å²) in [5.74, 6) is -0.359. The Morgan fingerprint density at radius 3 is 2.44 bits per heavy atom. The van der Waals surface area contributed by atoms with Crippen molar-refractivity contribution in [2.24, 2.45) is 0 Å². The van der Waals surface area contributed by atoms with Crippen LogP contribution in [-0.4, -0.2) is 19.2 Å². The second-order valence-corrected chi connectivity index (χ2v) is 3.07. The zero-order chi connectivity index (χ0) is 11.8. The molecule has 0 saturated heterocycles. The third-order valence-electron chi connectivity index (χ3n) is 1.95. The Bertz CT molecular complexity index is 355. The van der Waals surface area contributed by atoms with Crippen LogP contribution in [0.3, 0.4) is 0 Å². The lowest BCUT2D eigenvalue weighted by Gasteiger charge is -2.07. The molecule has 1 aromatic carbocycles. The van der Waals surface area contributed by atoms with Crippen LogP contribution in [0.25, 0.3) is 5.57 Å². The van der Waals surface area contributed by atoms with E-state index in [1.54, 1.807) is 6.92 Å². The van der Waals surface area contributed by atoms with E-state index in [-0.39, 0.29) is 5.97 Å². The molecule has 3 nitrogen and oxygen atoms in total. The smallest absolute Gasteiger partial charge is 0.341 e. The molecular weight excluding hydrogens is 204 g/mol. The van der Waals surface area contributed by atoms with E-state index in [1.165, 1.54) is 6.26 Å². The van der Waals surface area contributed by atoms with Crippen LogP contribution < -0.4 is 0 Å². The molecule has 0 saturated carbocycles. The molecule has 0 unspecified atom stereocenters. The molecule has 1 aromatic rings. The van der Waals surface area contributed by atoms with Crippen LogP contribution >= 0.6 is 0 Å². The summed E-state index contributed by atoms with van der Waals surface area (Å²) in [4.78, 5) is 11.7. The Labute approximate surface area is 95.7 Å². The normalized spacial score (nSPS) is 11.0. The van der Waals surface area contributed by atoms with Crippen LogP contribution in [-0.2, 0) is 14.3 Å². The van der Waals surface area contributed by atoms with Gasteiger partial charge in [0.05, 0.1) is 19.5 Å². The summed E-state index contributed by atoms with van der Waals surface area (Å²) in [6.45, 7) is 4.52. The first-order valence-corrected chi connectivity index (χ1v) is 5.33. The zero-order valence-electron chi connectivity index (χ0n) is 9.60. The molecule has 0 aliphatic carbocycles. The van der Waals surface area contributed by atoms with Crippen LogP contribution in [0.4, 0.5) is 0 Å². The maximum Gasteiger partial charge on any atom is 0.341 e. The van der Waals surface area contributed by atoms with Gasteiger partial charge in [-0.3, -0.25) is 0 Å². The minimum absolute atomic E-state index is 0.356. The molecule has 16 heavy (non-hydrogen) atoms. The standard InChI is InChI=1S/C13H16O3/c1-3-15-10-12(13(14)16-4-2)11-8-6-5-7-9-11/h5-10H,3-4H2,1-2H3/b12-10-. The lowest BCUT2D eigenvalue weighted by molar-refractivity contribution is -0.136. The van der Waals surface area contributed by atoms with Crippen molar-refractivity contribution >= 4 is 11.5 Å². The van der Waals surface area contributed by atoms with Crippen LogP contribution in [0.2, 0.25) is 0 Å². The Morgan fingerprint density at radius 2 is 1.88 bits per heavy atom. The van der Waals surface area contributed by atoms with Gasteiger partial charge in [0.1, 0.15) is 5.57 Å². The highest BCUT2D eigenvalue weighted by Crippen LogP contribution is 2.15. The largest absolute Gasteiger partial charge is 0.501 e. The molecule has 3 heteroatoms. The van der Waals surface area contributed by atoms with Crippen molar-refractivity contribution in [3.8, 4) is 0 Å². The molecule has 0 N–H and O–H groups in total. The Balaban J connectivity index is 2.92. The highest BCUT2D eigenvalue weighted by atomic mass is 16.5. The van der Waals surface area contributed by atoms with Gasteiger partial charge >= 0.3 is 5.97 Å². The summed E-state index contributed by atoms with van der Waals surface area (Å²) in [5.41, 5.74) is 1.25. The number of benzene rings is 1. The summed E-state index contributed by atoms with van der Waals surface area (Å²) in [6.07, 6.45) is 1.45. The summed E-state index contributed by atoms with van der Waals surface area (Å²) in [6, 6.07) is 9.33. The van der Waals surface area contributed by atoms with Gasteiger partial charge < -0.3 is 9.47 Å². The second kappa shape index (κ2) is 6.67. The van der Waals surface area contributed by atoms with E-state index in [0.29, 0.717) is 18.8 Å². The van der Waals surface area contributed by atoms with Crippen molar-refractivity contribution in [2.75, 3.05) is 13.2 Å². The Morgan fingerprint density at radius 1 is 1.19 bits per heavy atom. The van der Waals surface area contributed by atoms with Gasteiger partial charge in [-0.15, -0.1) is 0 Å². The molecule has 0 bridgehead atoms. The molecule has 0 aliphatic rings. The quantitative estimate of drug-likeness (QED) is 0.434. The second-order valence-electron chi connectivity index (χ2n) is 3.07. The fraction of sp³-hybridized carbons (Fsp3) is 0.308. The average Bonchev–Trinajstić information content (AvgIpc) is 2.31. The third kappa shape index (κ3) is 3.42. The number of hydrogen-bond acceptors (Lipinski definition) is 3. The van der Waals surface area contributed by atoms with Crippen molar-refractivity contribution in [3.63, 3.8) is 0 Å². The van der Waals surface area contributed by atoms with Crippen molar-refractivity contribution in [2.45, 2.75) is 13.8 Å². The van der Waals surface area contributed by atoms with Gasteiger partial charge in [0.15, 0.2) is 0 Å². The molecule has 0 radical (unpaired) electrons. The number of hydrogen-bond donors (Lipinski definition) is 0. The fourth-order valence-corrected chi connectivity index (χ4v) is 1.23. The molecule has 0 amide bonds. The highest BCUT2D eigenvalue weighted by molar-refractivity contribution is 6.16. The minimum atomic E-state index is -0.359. The molecule has 86 valence electrons. The number of carbonyl (C=O) groups is 1. The predicted octanol–water partition coefficient (Wildman–Crippen LogP) is 2.63. The summed E-state index contributed by atoms with van der Waals surface area (Å²) in [5, 5.41) is 0. The van der Waals surface area contributed by atoms with Crippen LogP contribution in [0.1, 0.15) is 19.4 Å². The van der Waals surface area contributed by atoms with E-state index in [9.17, 15) is 4.79 Å². The van der Waals surface area contributed by atoms with Crippen LogP contribution in [0.15, 0.2) is 36.6 Å². The molecular formula is C13H16O3. The minimum Gasteiger partial charge on any atom is -0.501 e. The molecule has 0 fully saturated rings. The number of rotatable bonds is 5. The van der Waals surface area contributed by atoms with Crippen molar-refractivity contribution < 1.29 is 14.3 Å². The van der Waals surface area contributed by atoms with E-state index in [0.717, 1.165) is 5.56 Å². The average molecular weight is 220 g/mol. The summed E-state index contributed by atoms with van der Waals surface area (Å²) < 4.78 is 10.1. The lowest BCUT2D eigenvalue weighted by atomic mass is 10.1. The molecule has 0 spiro atoms. The molecule has 0 aromatic heterocycles. The van der Waals surface area contributed by atoms with Crippen molar-refractivity contribution in [1.29, 1.82) is 0 Å². The van der Waals surface area contributed by atoms with Gasteiger partial charge in [-0.1, -0.05) is 30.3 Å². The van der Waals surface area contributed by atoms with Gasteiger partial charge in [0.2, 0.25) is 0 Å². The fourth-order valence-electron chi connectivity index (χ4n) is 1.23. The van der Waals surface area contributed by atoms with Crippen molar-refractivity contribution in [3.05, 3.63) is 42.2 Å². The Hall–Kier alpha value is -1.77. The van der Waals surface area contributed by atoms with Crippen molar-refractivity contribution in [1.82, 2.24) is 0 Å². The van der Waals surface area contributed by atoms with E-state index >= 15 is 0 Å². The van der Waals surface area contributed by atoms with Gasteiger partial charge in [-0.2, -0.15) is 0 Å². The Kier molecular flexibility index (Phi) is 5.12. The van der Waals surface area contributed by atoms with Gasteiger partial charge in [0, 0.05) is 0 Å². The first-order chi connectivity index (χ1) is 7.79. The van der Waals surface area contributed by atoms with E-state index in [4.69, 9.17) is 9.47 Å². The molecule has 1 rings (SSSR count). The monoisotopic (exact) mass is 220 g/mol. The highest BCUT2D eigenvalue weighted by Gasteiger charge is 2.13. The zero-order valence-corrected chi connectivity index (χ0v) is 9.60. The predicted molar refractivity (Wildman–Crippen MR) is 62.7 cm³/mol. The van der Waals surface area contributed by atoms with E-state index in [2.05, 4.69) is 0 Å². The third-order valence-corrected chi connectivity index (χ3v) is 1.95. The van der Waals surface area contributed by atoms with Crippen LogP contribution in [0, 0.1) is 0 Å². The lowest BCUT2D eigenvalue weighted by Crippen LogP contribution is -2.07. The number of carbonyl (C=O) groups excluding carboxylic acids is 1. The van der Waals surface area contributed by atoms with E-state index in [1.807, 2.05) is 37.3 Å². The first kappa shape index (κ1) is 12.3. The van der Waals surface area contributed by atoms with Gasteiger partial charge in [-0.25, -0.2) is 4.79 Å². The first-order valence-electron chi connectivity index (χ1n) is 5.33. The summed E-state index contributed by atoms with van der Waals surface area (Å²) in [7, 11) is 0. The molecule has 0 heterocycles. The molecule has 0 aliphatic heterocycles. The van der Waals surface area contributed by atoms with Gasteiger partial charge in [0.25, 0.3) is 0 Å². The SMILES string of the molecule is CCO/C=C(\C(=O)OCC)c1ccccc1. The number of esters is 1. The van der Waals surface area contributed by atoms with Gasteiger partial charge in [-0.05, 0) is 19.4 Å². The van der Waals surface area contributed by atoms with Crippen LogP contribution in [0.5, 0.6) is 0 Å². The van der Waals surface area contributed by atoms with E-state index < -0.39 is 0 Å². The molecule has 0 atom stereocenters. The summed E-state index contributed by atoms with van der Waals surface area (Å²) >= 11 is 0. The maximum atomic E-state index is 11.7. The topological polar surface area (TPSA) is 35.5 Å². The number of ether oxygens (including phenoxy) is 2. The maximum absolute atomic E-state index is 11.7.